The van der Waals surface area contributed by atoms with Gasteiger partial charge in [0.25, 0.3) is 0 Å². The molecule has 0 amide bonds. The number of hydrogen-bond acceptors (Lipinski definition) is 3. The summed E-state index contributed by atoms with van der Waals surface area (Å²) in [6.07, 6.45) is -1.34. The molecule has 0 aliphatic heterocycles. The van der Waals surface area contributed by atoms with Gasteiger partial charge in [-0.2, -0.15) is 4.98 Å². The number of hydrogen-bond donors (Lipinski definition) is 1. The van der Waals surface area contributed by atoms with Gasteiger partial charge in [-0.1, -0.05) is 11.6 Å². The molecule has 1 aromatic rings. The third-order valence-corrected chi connectivity index (χ3v) is 2.09. The number of nitrogens with one attached hydrogen (secondary N) is 1. The van der Waals surface area contributed by atoms with Crippen LogP contribution in [0.25, 0.3) is 0 Å². The molecule has 84 valence electrons. The fourth-order valence-corrected chi connectivity index (χ4v) is 1.29. The van der Waals surface area contributed by atoms with Crippen LogP contribution in [0.15, 0.2) is 6.20 Å². The summed E-state index contributed by atoms with van der Waals surface area (Å²) in [6.45, 7) is 1.61. The standard InChI is InChI=1S/C8H9Cl2F2N3/c1-4(2-6(11)12)14-7-5(9)3-13-8(10)15-7/h3-4,6H,2H2,1H3,(H,13,14,15). The molecule has 0 aliphatic carbocycles. The van der Waals surface area contributed by atoms with Gasteiger partial charge in [0.05, 0.1) is 6.20 Å². The minimum Gasteiger partial charge on any atom is -0.366 e. The molecule has 0 aliphatic rings. The molecule has 1 rings (SSSR count). The zero-order valence-electron chi connectivity index (χ0n) is 7.85. The first kappa shape index (κ1) is 12.4. The fraction of sp³-hybridized carbons (Fsp3) is 0.500. The molecule has 0 saturated carbocycles. The van der Waals surface area contributed by atoms with E-state index in [0.29, 0.717) is 0 Å². The quantitative estimate of drug-likeness (QED) is 0.840. The van der Waals surface area contributed by atoms with Gasteiger partial charge in [-0.3, -0.25) is 0 Å². The van der Waals surface area contributed by atoms with Crippen LogP contribution in [0.2, 0.25) is 10.3 Å². The zero-order valence-corrected chi connectivity index (χ0v) is 9.36. The highest BCUT2D eigenvalue weighted by Crippen LogP contribution is 2.21. The number of alkyl halides is 2. The molecule has 1 unspecified atom stereocenters. The van der Waals surface area contributed by atoms with Crippen molar-refractivity contribution in [3.8, 4) is 0 Å². The number of halogens is 4. The van der Waals surface area contributed by atoms with Crippen LogP contribution in [0.1, 0.15) is 13.3 Å². The average molecular weight is 256 g/mol. The van der Waals surface area contributed by atoms with Crippen molar-refractivity contribution in [3.05, 3.63) is 16.5 Å². The van der Waals surface area contributed by atoms with Crippen LogP contribution in [0.3, 0.4) is 0 Å². The maximum absolute atomic E-state index is 12.0. The Labute approximate surface area is 95.8 Å². The highest BCUT2D eigenvalue weighted by Gasteiger charge is 2.12. The van der Waals surface area contributed by atoms with Gasteiger partial charge >= 0.3 is 0 Å². The lowest BCUT2D eigenvalue weighted by atomic mass is 10.2. The number of nitrogens with zero attached hydrogens (tertiary/aromatic N) is 2. The second-order valence-corrected chi connectivity index (χ2v) is 3.75. The van der Waals surface area contributed by atoms with Crippen LogP contribution < -0.4 is 5.32 Å². The Morgan fingerprint density at radius 2 is 2.13 bits per heavy atom. The van der Waals surface area contributed by atoms with Crippen molar-refractivity contribution in [1.82, 2.24) is 9.97 Å². The summed E-state index contributed by atoms with van der Waals surface area (Å²) in [4.78, 5) is 7.43. The Balaban J connectivity index is 2.67. The molecule has 0 spiro atoms. The minimum absolute atomic E-state index is 0.0196. The third kappa shape index (κ3) is 4.13. The van der Waals surface area contributed by atoms with Crippen molar-refractivity contribution in [3.63, 3.8) is 0 Å². The number of anilines is 1. The molecule has 0 fully saturated rings. The van der Waals surface area contributed by atoms with E-state index in [1.807, 2.05) is 0 Å². The normalized spacial score (nSPS) is 12.9. The van der Waals surface area contributed by atoms with Gasteiger partial charge in [0.2, 0.25) is 11.7 Å². The first-order valence-corrected chi connectivity index (χ1v) is 4.97. The highest BCUT2D eigenvalue weighted by molar-refractivity contribution is 6.33. The van der Waals surface area contributed by atoms with E-state index in [2.05, 4.69) is 15.3 Å². The van der Waals surface area contributed by atoms with Gasteiger partial charge in [-0.25, -0.2) is 13.8 Å². The van der Waals surface area contributed by atoms with E-state index >= 15 is 0 Å². The molecular weight excluding hydrogens is 247 g/mol. The van der Waals surface area contributed by atoms with Crippen LogP contribution in [0.4, 0.5) is 14.6 Å². The molecule has 15 heavy (non-hydrogen) atoms. The molecule has 0 aromatic carbocycles. The van der Waals surface area contributed by atoms with Crippen molar-refractivity contribution < 1.29 is 8.78 Å². The van der Waals surface area contributed by atoms with Crippen LogP contribution >= 0.6 is 23.2 Å². The van der Waals surface area contributed by atoms with Gasteiger partial charge in [0.1, 0.15) is 10.8 Å². The Hall–Kier alpha value is -0.680. The van der Waals surface area contributed by atoms with Crippen molar-refractivity contribution in [1.29, 1.82) is 0 Å². The van der Waals surface area contributed by atoms with Crippen molar-refractivity contribution in [2.45, 2.75) is 25.8 Å². The topological polar surface area (TPSA) is 37.8 Å². The third-order valence-electron chi connectivity index (χ3n) is 1.63. The molecule has 0 bridgehead atoms. The second-order valence-electron chi connectivity index (χ2n) is 3.01. The lowest BCUT2D eigenvalue weighted by Gasteiger charge is -2.14. The summed E-state index contributed by atoms with van der Waals surface area (Å²) in [7, 11) is 0. The van der Waals surface area contributed by atoms with Crippen molar-refractivity contribution in [2.75, 3.05) is 5.32 Å². The molecule has 7 heteroatoms. The molecule has 3 nitrogen and oxygen atoms in total. The largest absolute Gasteiger partial charge is 0.366 e. The van der Waals surface area contributed by atoms with Gasteiger partial charge < -0.3 is 5.32 Å². The average Bonchev–Trinajstić information content (AvgIpc) is 2.10. The highest BCUT2D eigenvalue weighted by atomic mass is 35.5. The van der Waals surface area contributed by atoms with Crippen LogP contribution in [0, 0.1) is 0 Å². The molecule has 1 heterocycles. The summed E-state index contributed by atoms with van der Waals surface area (Å²) in [5, 5.41) is 3.00. The van der Waals surface area contributed by atoms with E-state index < -0.39 is 12.5 Å². The summed E-state index contributed by atoms with van der Waals surface area (Å²) >= 11 is 11.3. The second kappa shape index (κ2) is 5.42. The SMILES string of the molecule is CC(CC(F)F)Nc1nc(Cl)ncc1Cl. The van der Waals surface area contributed by atoms with E-state index in [-0.39, 0.29) is 22.5 Å². The maximum atomic E-state index is 12.0. The van der Waals surface area contributed by atoms with E-state index in [9.17, 15) is 8.78 Å². The summed E-state index contributed by atoms with van der Waals surface area (Å²) in [5.74, 6) is 0.268. The number of rotatable bonds is 4. The van der Waals surface area contributed by atoms with Crippen molar-refractivity contribution >= 4 is 29.0 Å². The first-order chi connectivity index (χ1) is 6.99. The van der Waals surface area contributed by atoms with Gasteiger partial charge in [0, 0.05) is 12.5 Å². The number of aromatic nitrogens is 2. The summed E-state index contributed by atoms with van der Waals surface area (Å²) in [6, 6.07) is -0.437. The lowest BCUT2D eigenvalue weighted by molar-refractivity contribution is 0.133. The molecule has 0 saturated heterocycles. The van der Waals surface area contributed by atoms with Gasteiger partial charge in [0.15, 0.2) is 0 Å². The van der Waals surface area contributed by atoms with Crippen molar-refractivity contribution in [2.24, 2.45) is 0 Å². The Morgan fingerprint density at radius 1 is 1.47 bits per heavy atom. The van der Waals surface area contributed by atoms with Gasteiger partial charge in [-0.15, -0.1) is 0 Å². The predicted molar refractivity (Wildman–Crippen MR) is 55.8 cm³/mol. The Kier molecular flexibility index (Phi) is 4.47. The summed E-state index contributed by atoms with van der Waals surface area (Å²) < 4.78 is 24.1. The van der Waals surface area contributed by atoms with E-state index in [4.69, 9.17) is 23.2 Å². The lowest BCUT2D eigenvalue weighted by Crippen LogP contribution is -2.19. The van der Waals surface area contributed by atoms with Crippen LogP contribution in [0.5, 0.6) is 0 Å². The molecule has 1 atom stereocenters. The van der Waals surface area contributed by atoms with Crippen LogP contribution in [-0.2, 0) is 0 Å². The van der Waals surface area contributed by atoms with E-state index in [1.165, 1.54) is 6.20 Å². The van der Waals surface area contributed by atoms with E-state index in [0.717, 1.165) is 0 Å². The Morgan fingerprint density at radius 3 is 2.73 bits per heavy atom. The van der Waals surface area contributed by atoms with Crippen LogP contribution in [-0.4, -0.2) is 22.4 Å². The molecule has 1 N–H and O–H groups in total. The summed E-state index contributed by atoms with van der Waals surface area (Å²) in [5.41, 5.74) is 0. The molecular formula is C8H9Cl2F2N3. The fourth-order valence-electron chi connectivity index (χ4n) is 1.01. The van der Waals surface area contributed by atoms with Gasteiger partial charge in [-0.05, 0) is 18.5 Å². The maximum Gasteiger partial charge on any atom is 0.240 e. The van der Waals surface area contributed by atoms with E-state index in [1.54, 1.807) is 6.92 Å². The Bertz CT molecular complexity index is 336. The monoisotopic (exact) mass is 255 g/mol. The molecule has 0 radical (unpaired) electrons. The zero-order chi connectivity index (χ0) is 11.4. The molecule has 1 aromatic heterocycles. The predicted octanol–water partition coefficient (Wildman–Crippen LogP) is 3.24. The first-order valence-electron chi connectivity index (χ1n) is 4.21. The minimum atomic E-state index is -2.37. The smallest absolute Gasteiger partial charge is 0.240 e.